The zero-order chi connectivity index (χ0) is 21.7. The lowest BCUT2D eigenvalue weighted by atomic mass is 10.0. The smallest absolute Gasteiger partial charge is 0.249 e. The third-order valence-corrected chi connectivity index (χ3v) is 7.91. The quantitative estimate of drug-likeness (QED) is 0.713. The van der Waals surface area contributed by atoms with Gasteiger partial charge in [-0.1, -0.05) is 12.8 Å². The summed E-state index contributed by atoms with van der Waals surface area (Å²) in [5, 5.41) is 3.23. The van der Waals surface area contributed by atoms with E-state index in [1.807, 2.05) is 47.6 Å². The van der Waals surface area contributed by atoms with Crippen molar-refractivity contribution in [2.75, 3.05) is 36.3 Å². The van der Waals surface area contributed by atoms with Gasteiger partial charge in [-0.25, -0.2) is 13.5 Å². The SMILES string of the molecule is CN1C(=O)C(CC2CC2)N(C)c2nc(Nc3ccc(S(=O)N(C)C4CC4)cc3)ncc21. The van der Waals surface area contributed by atoms with Crippen LogP contribution in [-0.2, 0) is 15.8 Å². The molecule has 2 saturated carbocycles. The van der Waals surface area contributed by atoms with Crippen LogP contribution in [0.25, 0.3) is 0 Å². The molecule has 2 atom stereocenters. The Bertz CT molecular complexity index is 1020. The molecule has 5 rings (SSSR count). The fourth-order valence-electron chi connectivity index (χ4n) is 4.03. The molecular weight excluding hydrogens is 412 g/mol. The van der Waals surface area contributed by atoms with Crippen molar-refractivity contribution >= 4 is 40.0 Å². The Kier molecular flexibility index (Phi) is 5.18. The fourth-order valence-corrected chi connectivity index (χ4v) is 5.21. The number of aromatic nitrogens is 2. The molecule has 1 N–H and O–H groups in total. The first-order chi connectivity index (χ1) is 14.9. The largest absolute Gasteiger partial charge is 0.346 e. The molecule has 3 aliphatic rings. The van der Waals surface area contributed by atoms with E-state index < -0.39 is 11.0 Å². The van der Waals surface area contributed by atoms with E-state index in [0.717, 1.165) is 41.4 Å². The molecule has 0 radical (unpaired) electrons. The van der Waals surface area contributed by atoms with E-state index in [9.17, 15) is 9.00 Å². The van der Waals surface area contributed by atoms with Crippen LogP contribution in [0.4, 0.5) is 23.1 Å². The molecular formula is C22H28N6O2S. The Morgan fingerprint density at radius 1 is 1.16 bits per heavy atom. The predicted molar refractivity (Wildman–Crippen MR) is 122 cm³/mol. The van der Waals surface area contributed by atoms with Crippen LogP contribution in [0.3, 0.4) is 0 Å². The number of nitrogens with one attached hydrogen (secondary N) is 1. The van der Waals surface area contributed by atoms with Gasteiger partial charge in [0.15, 0.2) is 5.82 Å². The number of anilines is 4. The third-order valence-electron chi connectivity index (χ3n) is 6.42. The summed E-state index contributed by atoms with van der Waals surface area (Å²) < 4.78 is 14.5. The number of likely N-dealkylation sites (N-methyl/N-ethyl adjacent to an activating group) is 2. The Morgan fingerprint density at radius 2 is 1.87 bits per heavy atom. The summed E-state index contributed by atoms with van der Waals surface area (Å²) in [5.74, 6) is 1.98. The Hall–Kier alpha value is -2.52. The second-order valence-electron chi connectivity index (χ2n) is 8.78. The van der Waals surface area contributed by atoms with Crippen molar-refractivity contribution in [1.82, 2.24) is 14.3 Å². The molecule has 2 fully saturated rings. The Morgan fingerprint density at radius 3 is 2.52 bits per heavy atom. The highest BCUT2D eigenvalue weighted by Crippen LogP contribution is 2.40. The van der Waals surface area contributed by atoms with Gasteiger partial charge < -0.3 is 15.1 Å². The lowest BCUT2D eigenvalue weighted by molar-refractivity contribution is -0.120. The van der Waals surface area contributed by atoms with E-state index in [1.165, 1.54) is 12.8 Å². The minimum atomic E-state index is -1.14. The van der Waals surface area contributed by atoms with Gasteiger partial charge in [0.1, 0.15) is 22.7 Å². The molecule has 31 heavy (non-hydrogen) atoms. The summed E-state index contributed by atoms with van der Waals surface area (Å²) in [6.45, 7) is 0. The van der Waals surface area contributed by atoms with Crippen molar-refractivity contribution in [1.29, 1.82) is 0 Å². The number of amides is 1. The van der Waals surface area contributed by atoms with Crippen LogP contribution in [0.15, 0.2) is 35.4 Å². The lowest BCUT2D eigenvalue weighted by Gasteiger charge is -2.38. The molecule has 1 aliphatic heterocycles. The number of hydrogen-bond acceptors (Lipinski definition) is 6. The maximum absolute atomic E-state index is 12.8. The van der Waals surface area contributed by atoms with E-state index in [4.69, 9.17) is 4.98 Å². The summed E-state index contributed by atoms with van der Waals surface area (Å²) >= 11 is 0. The molecule has 2 heterocycles. The maximum atomic E-state index is 12.8. The summed E-state index contributed by atoms with van der Waals surface area (Å²) in [5.41, 5.74) is 1.55. The van der Waals surface area contributed by atoms with Crippen molar-refractivity contribution in [3.63, 3.8) is 0 Å². The first kappa shape index (κ1) is 20.4. The summed E-state index contributed by atoms with van der Waals surface area (Å²) in [7, 11) is 4.51. The van der Waals surface area contributed by atoms with Gasteiger partial charge in [0.25, 0.3) is 0 Å². The molecule has 0 bridgehead atoms. The minimum Gasteiger partial charge on any atom is -0.346 e. The first-order valence-electron chi connectivity index (χ1n) is 10.8. The monoisotopic (exact) mass is 440 g/mol. The van der Waals surface area contributed by atoms with Crippen LogP contribution >= 0.6 is 0 Å². The lowest BCUT2D eigenvalue weighted by Crippen LogP contribution is -2.51. The van der Waals surface area contributed by atoms with Crippen molar-refractivity contribution < 1.29 is 9.00 Å². The molecule has 0 saturated heterocycles. The highest BCUT2D eigenvalue weighted by atomic mass is 32.2. The van der Waals surface area contributed by atoms with Crippen LogP contribution in [0.2, 0.25) is 0 Å². The minimum absolute atomic E-state index is 0.103. The molecule has 1 amide bonds. The van der Waals surface area contributed by atoms with Crippen LogP contribution in [0.1, 0.15) is 32.1 Å². The molecule has 1 aromatic carbocycles. The van der Waals surface area contributed by atoms with Crippen molar-refractivity contribution in [3.05, 3.63) is 30.5 Å². The molecule has 2 aromatic rings. The normalized spacial score (nSPS) is 21.9. The Balaban J connectivity index is 1.33. The van der Waals surface area contributed by atoms with E-state index in [2.05, 4.69) is 10.3 Å². The highest BCUT2D eigenvalue weighted by Gasteiger charge is 2.39. The van der Waals surface area contributed by atoms with E-state index >= 15 is 0 Å². The Labute approximate surface area is 185 Å². The summed E-state index contributed by atoms with van der Waals surface area (Å²) in [4.78, 5) is 26.4. The van der Waals surface area contributed by atoms with Crippen LogP contribution in [0.5, 0.6) is 0 Å². The van der Waals surface area contributed by atoms with Crippen LogP contribution < -0.4 is 15.1 Å². The molecule has 1 aromatic heterocycles. The predicted octanol–water partition coefficient (Wildman–Crippen LogP) is 2.92. The second-order valence-corrected chi connectivity index (χ2v) is 10.3. The maximum Gasteiger partial charge on any atom is 0.249 e. The highest BCUT2D eigenvalue weighted by molar-refractivity contribution is 7.82. The fraction of sp³-hybridized carbons (Fsp3) is 0.500. The number of benzene rings is 1. The molecule has 164 valence electrons. The molecule has 9 heteroatoms. The topological polar surface area (TPSA) is 81.7 Å². The van der Waals surface area contributed by atoms with Gasteiger partial charge in [-0.3, -0.25) is 4.79 Å². The molecule has 8 nitrogen and oxygen atoms in total. The zero-order valence-electron chi connectivity index (χ0n) is 18.1. The van der Waals surface area contributed by atoms with Crippen LogP contribution in [-0.4, -0.2) is 57.6 Å². The number of fused-ring (bicyclic) bond motifs is 1. The van der Waals surface area contributed by atoms with Gasteiger partial charge in [-0.15, -0.1) is 0 Å². The number of nitrogens with zero attached hydrogens (tertiary/aromatic N) is 5. The van der Waals surface area contributed by atoms with Crippen molar-refractivity contribution in [2.45, 2.75) is 49.1 Å². The van der Waals surface area contributed by atoms with Gasteiger partial charge >= 0.3 is 0 Å². The summed E-state index contributed by atoms with van der Waals surface area (Å²) in [6, 6.07) is 7.80. The zero-order valence-corrected chi connectivity index (χ0v) is 18.9. The van der Waals surface area contributed by atoms with Crippen LogP contribution in [0, 0.1) is 5.92 Å². The number of carbonyl (C=O) groups excluding carboxylic acids is 1. The first-order valence-corrected chi connectivity index (χ1v) is 11.9. The average molecular weight is 441 g/mol. The number of rotatable bonds is 7. The van der Waals surface area contributed by atoms with Gasteiger partial charge in [0.2, 0.25) is 11.9 Å². The second kappa shape index (κ2) is 7.87. The van der Waals surface area contributed by atoms with Crippen molar-refractivity contribution in [3.8, 4) is 0 Å². The summed E-state index contributed by atoms with van der Waals surface area (Å²) in [6.07, 6.45) is 7.23. The average Bonchev–Trinajstić information content (AvgIpc) is 3.69. The third kappa shape index (κ3) is 4.04. The van der Waals surface area contributed by atoms with Gasteiger partial charge in [-0.05, 0) is 49.4 Å². The number of hydrogen-bond donors (Lipinski definition) is 1. The van der Waals surface area contributed by atoms with Gasteiger partial charge in [-0.2, -0.15) is 4.98 Å². The molecule has 2 unspecified atom stereocenters. The van der Waals surface area contributed by atoms with Gasteiger partial charge in [0.05, 0.1) is 11.1 Å². The van der Waals surface area contributed by atoms with E-state index in [1.54, 1.807) is 18.1 Å². The van der Waals surface area contributed by atoms with E-state index in [-0.39, 0.29) is 11.9 Å². The standard InChI is InChI=1S/C22H28N6O2S/c1-26-18(12-14-4-5-14)21(29)27(2)19-13-23-22(25-20(19)26)24-15-6-10-17(11-7-15)31(30)28(3)16-8-9-16/h6-7,10-11,13-14,16,18H,4-5,8-9,12H2,1-3H3,(H,23,24,25). The van der Waals surface area contributed by atoms with E-state index in [0.29, 0.717) is 17.9 Å². The van der Waals surface area contributed by atoms with Gasteiger partial charge in [0, 0.05) is 32.9 Å². The molecule has 2 aliphatic carbocycles. The van der Waals surface area contributed by atoms with Crippen molar-refractivity contribution in [2.24, 2.45) is 5.92 Å². The molecule has 0 spiro atoms. The number of carbonyl (C=O) groups is 1.